The van der Waals surface area contributed by atoms with E-state index in [9.17, 15) is 0 Å². The molecule has 0 amide bonds. The largest absolute Gasteiger partial charge is 0.378 e. The van der Waals surface area contributed by atoms with Crippen LogP contribution in [0.5, 0.6) is 0 Å². The van der Waals surface area contributed by atoms with Gasteiger partial charge in [0.15, 0.2) is 0 Å². The fourth-order valence-corrected chi connectivity index (χ4v) is 1.69. The molecule has 1 aliphatic rings. The Morgan fingerprint density at radius 3 is 2.58 bits per heavy atom. The summed E-state index contributed by atoms with van der Waals surface area (Å²) in [6.07, 6.45) is 7.24. The minimum Gasteiger partial charge on any atom is -0.378 e. The fraction of sp³-hybridized carbons (Fsp3) is 1.00. The van der Waals surface area contributed by atoms with E-state index in [0.29, 0.717) is 12.0 Å². The molecule has 0 spiro atoms. The van der Waals surface area contributed by atoms with Gasteiger partial charge in [0.1, 0.15) is 0 Å². The molecule has 1 rings (SSSR count). The molecule has 72 valence electrons. The molecule has 0 aromatic rings. The third kappa shape index (κ3) is 3.81. The average Bonchev–Trinajstić information content (AvgIpc) is 2.16. The van der Waals surface area contributed by atoms with Crippen molar-refractivity contribution in [2.45, 2.75) is 45.1 Å². The molecule has 0 aromatic heterocycles. The number of hydrogen-bond acceptors (Lipinski definition) is 2. The smallest absolute Gasteiger partial charge is 0.0575 e. The molecule has 1 unspecified atom stereocenters. The number of rotatable bonds is 4. The molecule has 0 aromatic carbocycles. The first-order valence-electron chi connectivity index (χ1n) is 5.05. The highest BCUT2D eigenvalue weighted by Gasteiger charge is 2.14. The van der Waals surface area contributed by atoms with Crippen LogP contribution in [-0.2, 0) is 4.74 Å². The predicted octanol–water partition coefficient (Wildman–Crippen LogP) is 2.90. The summed E-state index contributed by atoms with van der Waals surface area (Å²) in [7, 11) is 0. The zero-order valence-electron chi connectivity index (χ0n) is 7.96. The third-order valence-corrected chi connectivity index (χ3v) is 3.10. The Bertz CT molecular complexity index is 110. The molecule has 1 aliphatic carbocycles. The second-order valence-electron chi connectivity index (χ2n) is 3.88. The Kier molecular flexibility index (Phi) is 5.08. The molecule has 0 saturated heterocycles. The summed E-state index contributed by atoms with van der Waals surface area (Å²) in [6, 6.07) is 0. The first-order chi connectivity index (χ1) is 5.83. The van der Waals surface area contributed by atoms with Crippen LogP contribution in [0, 0.1) is 5.92 Å². The maximum atomic E-state index is 5.79. The van der Waals surface area contributed by atoms with Crippen molar-refractivity contribution in [2.24, 2.45) is 5.92 Å². The maximum Gasteiger partial charge on any atom is 0.0575 e. The summed E-state index contributed by atoms with van der Waals surface area (Å²) in [5.74, 6) is 1.54. The van der Waals surface area contributed by atoms with E-state index in [0.717, 1.165) is 12.4 Å². The van der Waals surface area contributed by atoms with Gasteiger partial charge in [-0.05, 0) is 24.5 Å². The van der Waals surface area contributed by atoms with E-state index in [-0.39, 0.29) is 0 Å². The van der Waals surface area contributed by atoms with Crippen LogP contribution in [-0.4, -0.2) is 18.5 Å². The molecule has 0 aliphatic heterocycles. The van der Waals surface area contributed by atoms with E-state index in [2.05, 4.69) is 19.6 Å². The zero-order valence-corrected chi connectivity index (χ0v) is 8.85. The van der Waals surface area contributed by atoms with Crippen LogP contribution in [0.2, 0.25) is 0 Å². The second-order valence-corrected chi connectivity index (χ2v) is 4.25. The van der Waals surface area contributed by atoms with Gasteiger partial charge in [-0.3, -0.25) is 0 Å². The van der Waals surface area contributed by atoms with Crippen molar-refractivity contribution < 1.29 is 4.74 Å². The maximum absolute atomic E-state index is 5.79. The molecule has 0 N–H and O–H groups in total. The van der Waals surface area contributed by atoms with Gasteiger partial charge < -0.3 is 4.74 Å². The van der Waals surface area contributed by atoms with Crippen LogP contribution >= 0.6 is 12.6 Å². The highest BCUT2D eigenvalue weighted by molar-refractivity contribution is 7.80. The Morgan fingerprint density at radius 1 is 1.33 bits per heavy atom. The van der Waals surface area contributed by atoms with E-state index in [4.69, 9.17) is 4.74 Å². The molecular formula is C10H20OS. The van der Waals surface area contributed by atoms with Gasteiger partial charge >= 0.3 is 0 Å². The van der Waals surface area contributed by atoms with Gasteiger partial charge in [0, 0.05) is 0 Å². The fourth-order valence-electron chi connectivity index (χ4n) is 1.58. The van der Waals surface area contributed by atoms with Crippen LogP contribution in [0.1, 0.15) is 39.0 Å². The van der Waals surface area contributed by atoms with Crippen molar-refractivity contribution in [3.63, 3.8) is 0 Å². The molecule has 1 nitrogen and oxygen atoms in total. The molecule has 0 bridgehead atoms. The standard InChI is InChI=1S/C10H20OS/c1-9(8-12)7-11-10-5-3-2-4-6-10/h9-10,12H,2-8H2,1H3. The van der Waals surface area contributed by atoms with Crippen molar-refractivity contribution in [1.29, 1.82) is 0 Å². The summed E-state index contributed by atoms with van der Waals surface area (Å²) in [6.45, 7) is 3.09. The van der Waals surface area contributed by atoms with Crippen LogP contribution < -0.4 is 0 Å². The van der Waals surface area contributed by atoms with E-state index in [1.807, 2.05) is 0 Å². The Balaban J connectivity index is 2.05. The van der Waals surface area contributed by atoms with Crippen LogP contribution in [0.3, 0.4) is 0 Å². The van der Waals surface area contributed by atoms with Gasteiger partial charge in [-0.1, -0.05) is 26.2 Å². The Morgan fingerprint density at radius 2 is 2.00 bits per heavy atom. The van der Waals surface area contributed by atoms with Gasteiger partial charge in [-0.15, -0.1) is 0 Å². The summed E-state index contributed by atoms with van der Waals surface area (Å²) in [5, 5.41) is 0. The van der Waals surface area contributed by atoms with Crippen molar-refractivity contribution in [2.75, 3.05) is 12.4 Å². The monoisotopic (exact) mass is 188 g/mol. The van der Waals surface area contributed by atoms with Crippen LogP contribution in [0.25, 0.3) is 0 Å². The molecular weight excluding hydrogens is 168 g/mol. The lowest BCUT2D eigenvalue weighted by Crippen LogP contribution is -2.20. The van der Waals surface area contributed by atoms with E-state index < -0.39 is 0 Å². The Labute approximate surface area is 81.3 Å². The quantitative estimate of drug-likeness (QED) is 0.667. The lowest BCUT2D eigenvalue weighted by atomic mass is 9.98. The van der Waals surface area contributed by atoms with Crippen molar-refractivity contribution in [3.8, 4) is 0 Å². The molecule has 0 heterocycles. The molecule has 1 atom stereocenters. The van der Waals surface area contributed by atoms with Gasteiger partial charge in [0.2, 0.25) is 0 Å². The van der Waals surface area contributed by atoms with Crippen molar-refractivity contribution in [1.82, 2.24) is 0 Å². The van der Waals surface area contributed by atoms with Gasteiger partial charge in [0.05, 0.1) is 12.7 Å². The van der Waals surface area contributed by atoms with Gasteiger partial charge in [0.25, 0.3) is 0 Å². The molecule has 2 heteroatoms. The van der Waals surface area contributed by atoms with Crippen molar-refractivity contribution in [3.05, 3.63) is 0 Å². The van der Waals surface area contributed by atoms with E-state index in [1.165, 1.54) is 32.1 Å². The van der Waals surface area contributed by atoms with Crippen LogP contribution in [0.15, 0.2) is 0 Å². The zero-order chi connectivity index (χ0) is 8.81. The number of hydrogen-bond donors (Lipinski definition) is 1. The molecule has 0 radical (unpaired) electrons. The second kappa shape index (κ2) is 5.87. The number of ether oxygens (including phenoxy) is 1. The minimum absolute atomic E-state index is 0.557. The first-order valence-corrected chi connectivity index (χ1v) is 5.68. The average molecular weight is 188 g/mol. The van der Waals surface area contributed by atoms with Crippen molar-refractivity contribution >= 4 is 12.6 Å². The van der Waals surface area contributed by atoms with Crippen LogP contribution in [0.4, 0.5) is 0 Å². The lowest BCUT2D eigenvalue weighted by Gasteiger charge is -2.23. The molecule has 12 heavy (non-hydrogen) atoms. The normalized spacial score (nSPS) is 22.5. The topological polar surface area (TPSA) is 9.23 Å². The summed E-state index contributed by atoms with van der Waals surface area (Å²) in [4.78, 5) is 0. The van der Waals surface area contributed by atoms with Gasteiger partial charge in [-0.25, -0.2) is 0 Å². The highest BCUT2D eigenvalue weighted by atomic mass is 32.1. The SMILES string of the molecule is CC(CS)COC1CCCCC1. The first kappa shape index (κ1) is 10.4. The molecule has 1 saturated carbocycles. The summed E-state index contributed by atoms with van der Waals surface area (Å²) in [5.41, 5.74) is 0. The Hall–Kier alpha value is 0.310. The minimum atomic E-state index is 0.557. The van der Waals surface area contributed by atoms with Gasteiger partial charge in [-0.2, -0.15) is 12.6 Å². The van der Waals surface area contributed by atoms with E-state index >= 15 is 0 Å². The summed E-state index contributed by atoms with van der Waals surface area (Å²) >= 11 is 4.23. The highest BCUT2D eigenvalue weighted by Crippen LogP contribution is 2.20. The third-order valence-electron chi connectivity index (χ3n) is 2.48. The van der Waals surface area contributed by atoms with E-state index in [1.54, 1.807) is 0 Å². The summed E-state index contributed by atoms with van der Waals surface area (Å²) < 4.78 is 5.79. The number of thiol groups is 1. The molecule has 1 fully saturated rings. The lowest BCUT2D eigenvalue weighted by molar-refractivity contribution is 0.0145. The predicted molar refractivity (Wildman–Crippen MR) is 55.8 cm³/mol.